The summed E-state index contributed by atoms with van der Waals surface area (Å²) in [4.78, 5) is 36.4. The lowest BCUT2D eigenvalue weighted by atomic mass is 10.3. The first-order valence-corrected chi connectivity index (χ1v) is 15.2. The number of imidazole rings is 1. The van der Waals surface area contributed by atoms with E-state index in [1.54, 1.807) is 18.2 Å². The first kappa shape index (κ1) is 28.7. The van der Waals surface area contributed by atoms with Gasteiger partial charge in [0.1, 0.15) is 15.6 Å². The molecular formula is C26H31F2N9O3S2. The van der Waals surface area contributed by atoms with Crippen molar-refractivity contribution in [1.29, 1.82) is 0 Å². The lowest BCUT2D eigenvalue weighted by molar-refractivity contribution is -0.118. The number of amides is 1. The highest BCUT2D eigenvalue weighted by Crippen LogP contribution is 2.32. The Bertz CT molecular complexity index is 1460. The van der Waals surface area contributed by atoms with Gasteiger partial charge in [0.25, 0.3) is 6.43 Å². The summed E-state index contributed by atoms with van der Waals surface area (Å²) < 4.78 is 41.5. The van der Waals surface area contributed by atoms with Crippen LogP contribution in [-0.2, 0) is 9.53 Å². The number of halogens is 2. The summed E-state index contributed by atoms with van der Waals surface area (Å²) in [6.45, 7) is 4.48. The molecule has 0 radical (unpaired) electrons. The van der Waals surface area contributed by atoms with Crippen LogP contribution in [0.5, 0.6) is 5.75 Å². The summed E-state index contributed by atoms with van der Waals surface area (Å²) in [5.74, 6) is 1.04. The number of fused-ring (bicyclic) bond motifs is 1. The normalized spacial score (nSPS) is 17.7. The third-order valence-corrected chi connectivity index (χ3v) is 8.80. The number of hydrogen-bond acceptors (Lipinski definition) is 11. The number of carbonyl (C=O) groups is 1. The van der Waals surface area contributed by atoms with E-state index in [1.165, 1.54) is 23.4 Å². The topological polar surface area (TPSA) is 114 Å². The van der Waals surface area contributed by atoms with Gasteiger partial charge in [0.15, 0.2) is 5.82 Å². The van der Waals surface area contributed by atoms with Crippen molar-refractivity contribution in [2.24, 2.45) is 0 Å². The Labute approximate surface area is 250 Å². The molecule has 1 amide bonds. The quantitative estimate of drug-likeness (QED) is 0.374. The Balaban J connectivity index is 1.27. The standard InChI is InChI=1S/C26H31F2N9O3S2/c1-39-18-4-2-3-17-20(18)30-22(21(27)28)37(17)25-32-23(31-24(33-25)35-11-13-40-14-12-35)34-7-9-36(10-8-34)26(41)42-15-19(38)29-16-5-6-16/h2-4,16,21H,5-15H2,1H3,(H,29,38). The number of morpholine rings is 1. The first-order valence-electron chi connectivity index (χ1n) is 13.8. The van der Waals surface area contributed by atoms with Gasteiger partial charge in [-0.25, -0.2) is 13.8 Å². The zero-order valence-electron chi connectivity index (χ0n) is 23.0. The summed E-state index contributed by atoms with van der Waals surface area (Å²) >= 11 is 6.96. The molecule has 42 heavy (non-hydrogen) atoms. The Morgan fingerprint density at radius 1 is 1.05 bits per heavy atom. The maximum absolute atomic E-state index is 14.3. The van der Waals surface area contributed by atoms with Crippen LogP contribution in [0.4, 0.5) is 20.7 Å². The number of benzene rings is 1. The second kappa shape index (κ2) is 12.5. The molecule has 3 aliphatic rings. The van der Waals surface area contributed by atoms with E-state index in [9.17, 15) is 13.6 Å². The number of thiocarbonyl (C=S) groups is 1. The van der Waals surface area contributed by atoms with Crippen LogP contribution in [-0.4, -0.2) is 111 Å². The zero-order chi connectivity index (χ0) is 29.2. The second-order valence-corrected chi connectivity index (χ2v) is 11.7. The van der Waals surface area contributed by atoms with Crippen molar-refractivity contribution >= 4 is 57.1 Å². The van der Waals surface area contributed by atoms with Crippen LogP contribution in [0.25, 0.3) is 17.0 Å². The Hall–Kier alpha value is -3.37. The van der Waals surface area contributed by atoms with E-state index in [0.717, 1.165) is 12.8 Å². The van der Waals surface area contributed by atoms with Gasteiger partial charge in [-0.3, -0.25) is 9.36 Å². The molecule has 1 aliphatic carbocycles. The number of nitrogens with zero attached hydrogens (tertiary/aromatic N) is 8. The average molecular weight is 620 g/mol. The van der Waals surface area contributed by atoms with Crippen molar-refractivity contribution < 1.29 is 23.0 Å². The van der Waals surface area contributed by atoms with Crippen LogP contribution in [0.3, 0.4) is 0 Å². The Morgan fingerprint density at radius 3 is 2.36 bits per heavy atom. The highest BCUT2D eigenvalue weighted by atomic mass is 32.2. The minimum absolute atomic E-state index is 0.00431. The summed E-state index contributed by atoms with van der Waals surface area (Å²) in [5.41, 5.74) is 0.711. The van der Waals surface area contributed by atoms with Gasteiger partial charge in [0, 0.05) is 45.3 Å². The molecule has 0 atom stereocenters. The number of ether oxygens (including phenoxy) is 2. The van der Waals surface area contributed by atoms with Gasteiger partial charge in [0.2, 0.25) is 23.8 Å². The van der Waals surface area contributed by atoms with E-state index >= 15 is 0 Å². The van der Waals surface area contributed by atoms with Crippen molar-refractivity contribution in [3.63, 3.8) is 0 Å². The number of aromatic nitrogens is 5. The van der Waals surface area contributed by atoms with Crippen LogP contribution in [0.2, 0.25) is 0 Å². The summed E-state index contributed by atoms with van der Waals surface area (Å²) in [5, 5.41) is 2.98. The van der Waals surface area contributed by atoms with Crippen LogP contribution < -0.4 is 19.9 Å². The van der Waals surface area contributed by atoms with E-state index in [2.05, 4.69) is 20.2 Å². The molecule has 2 aromatic heterocycles. The monoisotopic (exact) mass is 619 g/mol. The summed E-state index contributed by atoms with van der Waals surface area (Å²) in [7, 11) is 1.47. The average Bonchev–Trinajstić information content (AvgIpc) is 3.74. The molecule has 4 heterocycles. The number of nitrogens with one attached hydrogen (secondary N) is 1. The van der Waals surface area contributed by atoms with Crippen molar-refractivity contribution in [3.05, 3.63) is 24.0 Å². The fourth-order valence-electron chi connectivity index (χ4n) is 4.91. The molecule has 0 spiro atoms. The molecule has 1 aromatic carbocycles. The van der Waals surface area contributed by atoms with E-state index in [1.807, 2.05) is 9.80 Å². The minimum Gasteiger partial charge on any atom is -0.494 e. The van der Waals surface area contributed by atoms with Gasteiger partial charge in [-0.1, -0.05) is 30.0 Å². The zero-order valence-corrected chi connectivity index (χ0v) is 24.7. The number of alkyl halides is 2. The Morgan fingerprint density at radius 2 is 1.71 bits per heavy atom. The molecule has 1 N–H and O–H groups in total. The number of carbonyl (C=O) groups excluding carboxylic acids is 1. The molecule has 12 nitrogen and oxygen atoms in total. The second-order valence-electron chi connectivity index (χ2n) is 10.1. The molecule has 224 valence electrons. The van der Waals surface area contributed by atoms with Crippen molar-refractivity contribution in [3.8, 4) is 11.7 Å². The van der Waals surface area contributed by atoms with E-state index in [-0.39, 0.29) is 11.9 Å². The Kier molecular flexibility index (Phi) is 8.53. The lowest BCUT2D eigenvalue weighted by Crippen LogP contribution is -2.48. The lowest BCUT2D eigenvalue weighted by Gasteiger charge is -2.36. The van der Waals surface area contributed by atoms with Crippen LogP contribution in [0.15, 0.2) is 18.2 Å². The SMILES string of the molecule is COc1cccc2c1nc(C(F)F)n2-c1nc(N2CCOCC2)nc(N2CCN(C(=S)SCC(=O)NC3CC3)CC2)n1. The van der Waals surface area contributed by atoms with Gasteiger partial charge in [-0.05, 0) is 25.0 Å². The molecule has 3 aromatic rings. The molecule has 0 bridgehead atoms. The molecule has 3 fully saturated rings. The van der Waals surface area contributed by atoms with Gasteiger partial charge in [-0.15, -0.1) is 0 Å². The van der Waals surface area contributed by atoms with Gasteiger partial charge < -0.3 is 29.5 Å². The van der Waals surface area contributed by atoms with Gasteiger partial charge in [-0.2, -0.15) is 15.0 Å². The number of piperazine rings is 1. The summed E-state index contributed by atoms with van der Waals surface area (Å²) in [6.07, 6.45) is -0.782. The number of hydrogen-bond donors (Lipinski definition) is 1. The van der Waals surface area contributed by atoms with Crippen LogP contribution >= 0.6 is 24.0 Å². The number of anilines is 2. The third kappa shape index (κ3) is 6.20. The molecule has 0 unspecified atom stereocenters. The smallest absolute Gasteiger partial charge is 0.296 e. The van der Waals surface area contributed by atoms with E-state index < -0.39 is 12.2 Å². The predicted octanol–water partition coefficient (Wildman–Crippen LogP) is 2.41. The molecular weight excluding hydrogens is 588 g/mol. The van der Waals surface area contributed by atoms with Crippen molar-refractivity contribution in [2.75, 3.05) is 75.1 Å². The van der Waals surface area contributed by atoms with Crippen LogP contribution in [0.1, 0.15) is 25.1 Å². The predicted molar refractivity (Wildman–Crippen MR) is 159 cm³/mol. The number of thioether (sulfide) groups is 1. The highest BCUT2D eigenvalue weighted by molar-refractivity contribution is 8.23. The van der Waals surface area contributed by atoms with Crippen LogP contribution in [0, 0.1) is 0 Å². The molecule has 1 saturated carbocycles. The molecule has 6 rings (SSSR count). The van der Waals surface area contributed by atoms with Crippen molar-refractivity contribution in [2.45, 2.75) is 25.3 Å². The summed E-state index contributed by atoms with van der Waals surface area (Å²) in [6, 6.07) is 5.41. The number of para-hydroxylation sites is 1. The molecule has 2 aliphatic heterocycles. The van der Waals surface area contributed by atoms with Gasteiger partial charge >= 0.3 is 0 Å². The third-order valence-electron chi connectivity index (χ3n) is 7.27. The number of methoxy groups -OCH3 is 1. The largest absolute Gasteiger partial charge is 0.494 e. The fourth-order valence-corrected chi connectivity index (χ4v) is 5.97. The van der Waals surface area contributed by atoms with Gasteiger partial charge in [0.05, 0.1) is 31.6 Å². The number of rotatable bonds is 8. The maximum Gasteiger partial charge on any atom is 0.296 e. The van der Waals surface area contributed by atoms with E-state index in [4.69, 9.17) is 31.7 Å². The first-order chi connectivity index (χ1) is 20.4. The minimum atomic E-state index is -2.87. The van der Waals surface area contributed by atoms with E-state index in [0.29, 0.717) is 97.3 Å². The molecule has 16 heteroatoms. The maximum atomic E-state index is 14.3. The molecule has 2 saturated heterocycles. The van der Waals surface area contributed by atoms with Crippen molar-refractivity contribution in [1.82, 2.24) is 34.7 Å². The fraction of sp³-hybridized carbons (Fsp3) is 0.538. The highest BCUT2D eigenvalue weighted by Gasteiger charge is 2.29.